The van der Waals surface area contributed by atoms with Gasteiger partial charge in [-0.3, -0.25) is 4.79 Å². The van der Waals surface area contributed by atoms with Gasteiger partial charge in [0.1, 0.15) is 5.69 Å². The first-order valence-electron chi connectivity index (χ1n) is 9.46. The Kier molecular flexibility index (Phi) is 6.18. The fourth-order valence-electron chi connectivity index (χ4n) is 3.89. The summed E-state index contributed by atoms with van der Waals surface area (Å²) in [6.45, 7) is 7.15. The van der Waals surface area contributed by atoms with E-state index in [1.807, 2.05) is 9.80 Å². The van der Waals surface area contributed by atoms with E-state index in [4.69, 9.17) is 0 Å². The summed E-state index contributed by atoms with van der Waals surface area (Å²) in [6.07, 6.45) is -0.367. The predicted octanol–water partition coefficient (Wildman–Crippen LogP) is 2.27. The van der Waals surface area contributed by atoms with Crippen molar-refractivity contribution < 1.29 is 18.0 Å². The molecule has 0 radical (unpaired) electrons. The van der Waals surface area contributed by atoms with E-state index in [2.05, 4.69) is 14.9 Å². The van der Waals surface area contributed by atoms with Gasteiger partial charge in [0.15, 0.2) is 0 Å². The van der Waals surface area contributed by atoms with Crippen molar-refractivity contribution >= 4 is 11.9 Å². The molecule has 2 saturated heterocycles. The first kappa shape index (κ1) is 19.9. The average molecular weight is 385 g/mol. The van der Waals surface area contributed by atoms with Gasteiger partial charge < -0.3 is 14.7 Å². The molecule has 0 bridgehead atoms. The second-order valence-corrected chi connectivity index (χ2v) is 7.35. The van der Waals surface area contributed by atoms with Crippen molar-refractivity contribution in [2.45, 2.75) is 32.4 Å². The van der Waals surface area contributed by atoms with Gasteiger partial charge in [0.25, 0.3) is 0 Å². The highest BCUT2D eigenvalue weighted by atomic mass is 19.4. The summed E-state index contributed by atoms with van der Waals surface area (Å²) < 4.78 is 38.7. The topological polar surface area (TPSA) is 52.6 Å². The second-order valence-electron chi connectivity index (χ2n) is 7.35. The zero-order valence-electron chi connectivity index (χ0n) is 15.6. The number of nitrogens with zero attached hydrogens (tertiary/aromatic N) is 5. The van der Waals surface area contributed by atoms with Crippen molar-refractivity contribution in [3.8, 4) is 0 Å². The molecule has 2 aliphatic rings. The Bertz CT molecular complexity index is 654. The Morgan fingerprint density at radius 1 is 1.19 bits per heavy atom. The van der Waals surface area contributed by atoms with Gasteiger partial charge in [-0.05, 0) is 37.8 Å². The van der Waals surface area contributed by atoms with Gasteiger partial charge in [0, 0.05) is 52.4 Å². The van der Waals surface area contributed by atoms with Crippen LogP contribution in [0.1, 0.15) is 31.9 Å². The molecular weight excluding hydrogens is 359 g/mol. The fraction of sp³-hybridized carbons (Fsp3) is 0.722. The molecule has 2 aliphatic heterocycles. The lowest BCUT2D eigenvalue weighted by molar-refractivity contribution is -0.141. The third-order valence-corrected chi connectivity index (χ3v) is 5.29. The van der Waals surface area contributed by atoms with Gasteiger partial charge >= 0.3 is 6.18 Å². The van der Waals surface area contributed by atoms with E-state index in [9.17, 15) is 18.0 Å². The maximum atomic E-state index is 12.9. The van der Waals surface area contributed by atoms with Crippen LogP contribution >= 0.6 is 0 Å². The zero-order valence-corrected chi connectivity index (χ0v) is 15.6. The van der Waals surface area contributed by atoms with Crippen LogP contribution in [0.3, 0.4) is 0 Å². The second kappa shape index (κ2) is 8.41. The van der Waals surface area contributed by atoms with Crippen molar-refractivity contribution in [1.29, 1.82) is 0 Å². The Morgan fingerprint density at radius 3 is 2.74 bits per heavy atom. The number of hydrogen-bond acceptors (Lipinski definition) is 5. The number of amides is 1. The molecule has 1 aromatic heterocycles. The smallest absolute Gasteiger partial charge is 0.342 e. The van der Waals surface area contributed by atoms with Gasteiger partial charge in [0.2, 0.25) is 11.9 Å². The summed E-state index contributed by atoms with van der Waals surface area (Å²) in [4.78, 5) is 25.4. The molecule has 0 aliphatic carbocycles. The summed E-state index contributed by atoms with van der Waals surface area (Å²) >= 11 is 0. The van der Waals surface area contributed by atoms with Crippen molar-refractivity contribution in [2.24, 2.45) is 5.92 Å². The first-order valence-corrected chi connectivity index (χ1v) is 9.46. The summed E-state index contributed by atoms with van der Waals surface area (Å²) in [5, 5.41) is 0. The van der Waals surface area contributed by atoms with Gasteiger partial charge in [0.05, 0.1) is 0 Å². The summed E-state index contributed by atoms with van der Waals surface area (Å²) in [6, 6.07) is 0.906. The first-order chi connectivity index (χ1) is 12.8. The van der Waals surface area contributed by atoms with Crippen LogP contribution in [-0.4, -0.2) is 71.5 Å². The molecular formula is C18H26F3N5O. The molecule has 9 heteroatoms. The van der Waals surface area contributed by atoms with Crippen LogP contribution in [0, 0.1) is 5.92 Å². The number of piperidine rings is 1. The Hall–Kier alpha value is -1.90. The van der Waals surface area contributed by atoms with Crippen LogP contribution in [0.2, 0.25) is 0 Å². The number of halogens is 3. The maximum Gasteiger partial charge on any atom is 0.433 e. The molecule has 150 valence electrons. The summed E-state index contributed by atoms with van der Waals surface area (Å²) in [7, 11) is 0. The molecule has 1 aromatic rings. The molecule has 0 N–H and O–H groups in total. The highest BCUT2D eigenvalue weighted by Gasteiger charge is 2.34. The van der Waals surface area contributed by atoms with Gasteiger partial charge in [-0.2, -0.15) is 13.2 Å². The van der Waals surface area contributed by atoms with Gasteiger partial charge in [-0.1, -0.05) is 0 Å². The molecule has 27 heavy (non-hydrogen) atoms. The van der Waals surface area contributed by atoms with E-state index in [0.29, 0.717) is 19.0 Å². The van der Waals surface area contributed by atoms with Crippen LogP contribution in [0.15, 0.2) is 12.3 Å². The number of hydrogen-bond donors (Lipinski definition) is 0. The number of rotatable bonds is 3. The van der Waals surface area contributed by atoms with Crippen LogP contribution < -0.4 is 4.90 Å². The quantitative estimate of drug-likeness (QED) is 0.799. The van der Waals surface area contributed by atoms with Gasteiger partial charge in [-0.25, -0.2) is 9.97 Å². The van der Waals surface area contributed by atoms with Crippen LogP contribution in [0.4, 0.5) is 19.1 Å². The lowest BCUT2D eigenvalue weighted by Gasteiger charge is -2.35. The molecule has 3 rings (SSSR count). The highest BCUT2D eigenvalue weighted by Crippen LogP contribution is 2.29. The van der Waals surface area contributed by atoms with Gasteiger partial charge in [-0.15, -0.1) is 0 Å². The third kappa shape index (κ3) is 5.31. The number of carbonyl (C=O) groups is 1. The number of aromatic nitrogens is 2. The van der Waals surface area contributed by atoms with E-state index in [1.165, 1.54) is 6.20 Å². The summed E-state index contributed by atoms with van der Waals surface area (Å²) in [5.74, 6) is 0.635. The Labute approximate surface area is 157 Å². The molecule has 0 spiro atoms. The Balaban J connectivity index is 1.59. The van der Waals surface area contributed by atoms with Crippen LogP contribution in [0.5, 0.6) is 0 Å². The molecule has 6 nitrogen and oxygen atoms in total. The highest BCUT2D eigenvalue weighted by molar-refractivity contribution is 5.73. The van der Waals surface area contributed by atoms with Crippen molar-refractivity contribution in [3.05, 3.63) is 18.0 Å². The minimum Gasteiger partial charge on any atom is -0.342 e. The normalized spacial score (nSPS) is 22.6. The minimum absolute atomic E-state index is 0.113. The van der Waals surface area contributed by atoms with E-state index >= 15 is 0 Å². The maximum absolute atomic E-state index is 12.9. The van der Waals surface area contributed by atoms with Crippen molar-refractivity contribution in [1.82, 2.24) is 19.8 Å². The van der Waals surface area contributed by atoms with Crippen molar-refractivity contribution in [2.75, 3.05) is 50.7 Å². The van der Waals surface area contributed by atoms with E-state index < -0.39 is 11.9 Å². The lowest BCUT2D eigenvalue weighted by atomic mass is 9.97. The molecule has 2 fully saturated rings. The number of alkyl halides is 3. The lowest BCUT2D eigenvalue weighted by Crippen LogP contribution is -2.43. The molecule has 3 heterocycles. The molecule has 1 atom stereocenters. The third-order valence-electron chi connectivity index (χ3n) is 5.29. The van der Waals surface area contributed by atoms with Crippen LogP contribution in [-0.2, 0) is 11.0 Å². The van der Waals surface area contributed by atoms with E-state index in [1.54, 1.807) is 6.92 Å². The average Bonchev–Trinajstić information content (AvgIpc) is 2.87. The molecule has 0 unspecified atom stereocenters. The summed E-state index contributed by atoms with van der Waals surface area (Å²) in [5.41, 5.74) is -0.897. The van der Waals surface area contributed by atoms with Crippen molar-refractivity contribution in [3.63, 3.8) is 0 Å². The molecule has 1 amide bonds. The SMILES string of the molecule is CC(=O)N1CCCN(C[C@@H]2CCCN(c3nccc(C(F)(F)F)n3)C2)CC1. The van der Waals surface area contributed by atoms with E-state index in [0.717, 1.165) is 58.1 Å². The van der Waals surface area contributed by atoms with E-state index in [-0.39, 0.29) is 11.9 Å². The zero-order chi connectivity index (χ0) is 19.4. The monoisotopic (exact) mass is 385 g/mol. The fourth-order valence-corrected chi connectivity index (χ4v) is 3.89. The predicted molar refractivity (Wildman–Crippen MR) is 95.3 cm³/mol. The minimum atomic E-state index is -4.46. The Morgan fingerprint density at radius 2 is 2.00 bits per heavy atom. The number of anilines is 1. The standard InChI is InChI=1S/C18H26F3N5O/c1-14(27)25-9-3-7-24(10-11-25)12-15-4-2-8-26(13-15)17-22-6-5-16(23-17)18(19,20)21/h5-6,15H,2-4,7-13H2,1H3/t15-/m0/s1. The number of carbonyl (C=O) groups excluding carboxylic acids is 1. The molecule has 0 aromatic carbocycles. The van der Waals surface area contributed by atoms with Crippen LogP contribution in [0.25, 0.3) is 0 Å². The largest absolute Gasteiger partial charge is 0.433 e. The molecule has 0 saturated carbocycles.